The van der Waals surface area contributed by atoms with Crippen LogP contribution in [0.25, 0.3) is 0 Å². The highest BCUT2D eigenvalue weighted by molar-refractivity contribution is 7.80. The second-order valence-corrected chi connectivity index (χ2v) is 7.41. The number of hydrogen-bond donors (Lipinski definition) is 1. The van der Waals surface area contributed by atoms with E-state index in [2.05, 4.69) is 76.4 Å². The van der Waals surface area contributed by atoms with Crippen LogP contribution in [0.4, 0.5) is 5.69 Å². The van der Waals surface area contributed by atoms with Crippen LogP contribution in [0.1, 0.15) is 29.8 Å². The van der Waals surface area contributed by atoms with Crippen molar-refractivity contribution < 1.29 is 4.74 Å². The summed E-state index contributed by atoms with van der Waals surface area (Å²) in [6, 6.07) is 21.0. The van der Waals surface area contributed by atoms with Gasteiger partial charge in [0.1, 0.15) is 5.75 Å². The van der Waals surface area contributed by atoms with Gasteiger partial charge in [0.15, 0.2) is 5.11 Å². The lowest BCUT2D eigenvalue weighted by atomic mass is 10.00. The summed E-state index contributed by atoms with van der Waals surface area (Å²) in [4.78, 5) is 2.28. The molecule has 0 bridgehead atoms. The maximum absolute atomic E-state index is 5.82. The van der Waals surface area contributed by atoms with E-state index in [-0.39, 0.29) is 6.04 Å². The molecule has 0 spiro atoms. The Morgan fingerprint density at radius 2 is 1.82 bits per heavy atom. The first-order valence-corrected chi connectivity index (χ1v) is 10.1. The SMILES string of the molecule is CCOc1ccc(C2c3cccn3CCN2C(=S)Nc2ccc(C)cc2)cc1. The Balaban J connectivity index is 1.63. The molecule has 1 aliphatic heterocycles. The van der Waals surface area contributed by atoms with E-state index in [1.807, 2.05) is 19.1 Å². The van der Waals surface area contributed by atoms with Crippen LogP contribution in [0.15, 0.2) is 66.9 Å². The third-order valence-corrected chi connectivity index (χ3v) is 5.45. The van der Waals surface area contributed by atoms with Crippen LogP contribution in [0.3, 0.4) is 0 Å². The minimum absolute atomic E-state index is 0.0740. The lowest BCUT2D eigenvalue weighted by Gasteiger charge is -2.39. The zero-order valence-corrected chi connectivity index (χ0v) is 17.1. The molecule has 0 fully saturated rings. The van der Waals surface area contributed by atoms with Gasteiger partial charge < -0.3 is 19.5 Å². The highest BCUT2D eigenvalue weighted by Gasteiger charge is 2.30. The maximum atomic E-state index is 5.82. The molecule has 5 heteroatoms. The molecule has 3 aromatic rings. The molecule has 2 aromatic carbocycles. The molecule has 4 rings (SSSR count). The molecule has 2 heterocycles. The number of nitrogens with zero attached hydrogens (tertiary/aromatic N) is 2. The second-order valence-electron chi connectivity index (χ2n) is 7.02. The van der Waals surface area contributed by atoms with Gasteiger partial charge in [-0.25, -0.2) is 0 Å². The van der Waals surface area contributed by atoms with Gasteiger partial charge in [0.05, 0.1) is 12.6 Å². The van der Waals surface area contributed by atoms with Crippen LogP contribution in [-0.2, 0) is 6.54 Å². The fourth-order valence-corrected chi connectivity index (χ4v) is 4.01. The van der Waals surface area contributed by atoms with Crippen molar-refractivity contribution in [2.75, 3.05) is 18.5 Å². The highest BCUT2D eigenvalue weighted by Crippen LogP contribution is 2.33. The average molecular weight is 392 g/mol. The molecule has 0 saturated heterocycles. The van der Waals surface area contributed by atoms with Crippen molar-refractivity contribution in [3.05, 3.63) is 83.7 Å². The topological polar surface area (TPSA) is 29.4 Å². The van der Waals surface area contributed by atoms with Crippen molar-refractivity contribution in [3.63, 3.8) is 0 Å². The predicted octanol–water partition coefficient (Wildman–Crippen LogP) is 5.00. The Hall–Kier alpha value is -2.79. The summed E-state index contributed by atoms with van der Waals surface area (Å²) in [6.07, 6.45) is 2.14. The van der Waals surface area contributed by atoms with Crippen molar-refractivity contribution in [1.29, 1.82) is 0 Å². The summed E-state index contributed by atoms with van der Waals surface area (Å²) in [5, 5.41) is 4.16. The Bertz CT molecular complexity index is 947. The van der Waals surface area contributed by atoms with Gasteiger partial charge >= 0.3 is 0 Å². The quantitative estimate of drug-likeness (QED) is 0.634. The zero-order chi connectivity index (χ0) is 19.5. The summed E-state index contributed by atoms with van der Waals surface area (Å²) < 4.78 is 7.92. The first-order valence-electron chi connectivity index (χ1n) is 9.68. The number of anilines is 1. The molecule has 144 valence electrons. The van der Waals surface area contributed by atoms with Crippen molar-refractivity contribution in [1.82, 2.24) is 9.47 Å². The second kappa shape index (κ2) is 8.07. The van der Waals surface area contributed by atoms with Gasteiger partial charge in [0.25, 0.3) is 0 Å². The van der Waals surface area contributed by atoms with Crippen LogP contribution < -0.4 is 10.1 Å². The third kappa shape index (κ3) is 3.76. The Morgan fingerprint density at radius 3 is 2.54 bits per heavy atom. The molecule has 0 saturated carbocycles. The number of ether oxygens (including phenoxy) is 1. The third-order valence-electron chi connectivity index (χ3n) is 5.11. The molecular formula is C23H25N3OS. The summed E-state index contributed by atoms with van der Waals surface area (Å²) in [5.41, 5.74) is 4.71. The van der Waals surface area contributed by atoms with Gasteiger partial charge in [-0.15, -0.1) is 0 Å². The number of rotatable bonds is 4. The molecule has 0 radical (unpaired) electrons. The molecule has 0 amide bonds. The lowest BCUT2D eigenvalue weighted by molar-refractivity contribution is 0.293. The number of hydrogen-bond acceptors (Lipinski definition) is 2. The van der Waals surface area contributed by atoms with Gasteiger partial charge in [-0.1, -0.05) is 29.8 Å². The first kappa shape index (κ1) is 18.6. The molecule has 0 aliphatic carbocycles. The summed E-state index contributed by atoms with van der Waals surface area (Å²) in [7, 11) is 0. The fraction of sp³-hybridized carbons (Fsp3) is 0.261. The minimum Gasteiger partial charge on any atom is -0.494 e. The Morgan fingerprint density at radius 1 is 1.07 bits per heavy atom. The van der Waals surface area contributed by atoms with Crippen LogP contribution in [-0.4, -0.2) is 27.7 Å². The maximum Gasteiger partial charge on any atom is 0.174 e. The monoisotopic (exact) mass is 391 g/mol. The number of aromatic nitrogens is 1. The minimum atomic E-state index is 0.0740. The molecular weight excluding hydrogens is 366 g/mol. The lowest BCUT2D eigenvalue weighted by Crippen LogP contribution is -2.44. The highest BCUT2D eigenvalue weighted by atomic mass is 32.1. The number of fused-ring (bicyclic) bond motifs is 1. The number of thiocarbonyl (C=S) groups is 1. The van der Waals surface area contributed by atoms with Crippen molar-refractivity contribution >= 4 is 23.0 Å². The van der Waals surface area contributed by atoms with Crippen molar-refractivity contribution in [3.8, 4) is 5.75 Å². The van der Waals surface area contributed by atoms with Crippen LogP contribution in [0.2, 0.25) is 0 Å². The standard InChI is InChI=1S/C23H25N3OS/c1-3-27-20-12-8-18(9-13-20)22-21-5-4-14-25(21)15-16-26(22)23(28)24-19-10-6-17(2)7-11-19/h4-14,22H,3,15-16H2,1-2H3,(H,24,28). The molecule has 4 nitrogen and oxygen atoms in total. The van der Waals surface area contributed by atoms with E-state index in [0.29, 0.717) is 6.61 Å². The Kier molecular flexibility index (Phi) is 5.35. The van der Waals surface area contributed by atoms with Gasteiger partial charge in [-0.2, -0.15) is 0 Å². The number of aryl methyl sites for hydroxylation is 1. The summed E-state index contributed by atoms with van der Waals surface area (Å²) in [5.74, 6) is 0.893. The smallest absolute Gasteiger partial charge is 0.174 e. The number of nitrogens with one attached hydrogen (secondary N) is 1. The normalized spacial score (nSPS) is 15.8. The van der Waals surface area contributed by atoms with Crippen LogP contribution in [0, 0.1) is 6.92 Å². The molecule has 1 aliphatic rings. The van der Waals surface area contributed by atoms with E-state index in [0.717, 1.165) is 29.6 Å². The van der Waals surface area contributed by atoms with E-state index in [9.17, 15) is 0 Å². The van der Waals surface area contributed by atoms with Crippen molar-refractivity contribution in [2.24, 2.45) is 0 Å². The van der Waals surface area contributed by atoms with E-state index in [4.69, 9.17) is 17.0 Å². The van der Waals surface area contributed by atoms with Crippen LogP contribution >= 0.6 is 12.2 Å². The zero-order valence-electron chi connectivity index (χ0n) is 16.3. The first-order chi connectivity index (χ1) is 13.7. The van der Waals surface area contributed by atoms with Gasteiger partial charge in [-0.05, 0) is 68.0 Å². The predicted molar refractivity (Wildman–Crippen MR) is 118 cm³/mol. The van der Waals surface area contributed by atoms with Crippen LogP contribution in [0.5, 0.6) is 5.75 Å². The molecule has 1 unspecified atom stereocenters. The molecule has 28 heavy (non-hydrogen) atoms. The average Bonchev–Trinajstić information content (AvgIpc) is 3.19. The molecule has 1 N–H and O–H groups in total. The fourth-order valence-electron chi connectivity index (χ4n) is 3.70. The largest absolute Gasteiger partial charge is 0.494 e. The van der Waals surface area contributed by atoms with Gasteiger partial charge in [-0.3, -0.25) is 0 Å². The van der Waals surface area contributed by atoms with Crippen molar-refractivity contribution in [2.45, 2.75) is 26.4 Å². The van der Waals surface area contributed by atoms with E-state index in [1.54, 1.807) is 0 Å². The summed E-state index contributed by atoms with van der Waals surface area (Å²) in [6.45, 7) is 6.53. The van der Waals surface area contributed by atoms with Gasteiger partial charge in [0.2, 0.25) is 0 Å². The number of benzene rings is 2. The molecule has 1 atom stereocenters. The van der Waals surface area contributed by atoms with E-state index >= 15 is 0 Å². The van der Waals surface area contributed by atoms with Gasteiger partial charge in [0, 0.05) is 30.7 Å². The molecule has 1 aromatic heterocycles. The summed E-state index contributed by atoms with van der Waals surface area (Å²) >= 11 is 5.82. The van der Waals surface area contributed by atoms with E-state index in [1.165, 1.54) is 16.8 Å². The Labute approximate surface area is 171 Å². The van der Waals surface area contributed by atoms with E-state index < -0.39 is 0 Å².